The van der Waals surface area contributed by atoms with Crippen LogP contribution < -0.4 is 10.2 Å². The molecule has 3 fully saturated rings. The van der Waals surface area contributed by atoms with E-state index in [9.17, 15) is 4.79 Å². The van der Waals surface area contributed by atoms with E-state index in [-0.39, 0.29) is 24.8 Å². The fourth-order valence-corrected chi connectivity index (χ4v) is 4.95. The maximum absolute atomic E-state index is 12.6. The first-order chi connectivity index (χ1) is 12.6. The number of hydrogen-bond acceptors (Lipinski definition) is 5. The van der Waals surface area contributed by atoms with Crippen molar-refractivity contribution in [3.8, 4) is 0 Å². The van der Waals surface area contributed by atoms with Crippen LogP contribution in [0.1, 0.15) is 43.5 Å². The Morgan fingerprint density at radius 2 is 1.89 bits per heavy atom. The molecule has 0 bridgehead atoms. The minimum Gasteiger partial charge on any atom is -0.355 e. The number of amides is 1. The number of aryl methyl sites for hydroxylation is 2. The number of aromatic nitrogens is 2. The molecule has 2 atom stereocenters. The second kappa shape index (κ2) is 10.1. The monoisotopic (exact) mass is 429 g/mol. The summed E-state index contributed by atoms with van der Waals surface area (Å²) in [7, 11) is 0. The highest BCUT2D eigenvalue weighted by Gasteiger charge is 2.40. The second-order valence-corrected chi connectivity index (χ2v) is 8.26. The number of carbonyl (C=O) groups excluding carboxylic acids is 1. The van der Waals surface area contributed by atoms with Gasteiger partial charge in [0.1, 0.15) is 5.82 Å². The summed E-state index contributed by atoms with van der Waals surface area (Å²) in [4.78, 5) is 26.5. The number of halogens is 2. The predicted molar refractivity (Wildman–Crippen MR) is 117 cm³/mol. The van der Waals surface area contributed by atoms with Crippen molar-refractivity contribution in [2.24, 2.45) is 11.8 Å². The molecule has 0 aromatic carbocycles. The first-order valence-electron chi connectivity index (χ1n) is 10.2. The van der Waals surface area contributed by atoms with E-state index in [1.54, 1.807) is 0 Å². The Morgan fingerprint density at radius 1 is 1.14 bits per heavy atom. The number of likely N-dealkylation sites (tertiary alicyclic amines) is 1. The quantitative estimate of drug-likeness (QED) is 0.799. The summed E-state index contributed by atoms with van der Waals surface area (Å²) in [5.41, 5.74) is 1.98. The molecule has 28 heavy (non-hydrogen) atoms. The molecule has 3 saturated heterocycles. The fraction of sp³-hybridized carbons (Fsp3) is 0.750. The number of rotatable bonds is 3. The minimum atomic E-state index is 0. The second-order valence-electron chi connectivity index (χ2n) is 8.26. The third-order valence-corrected chi connectivity index (χ3v) is 6.41. The molecule has 8 heteroatoms. The molecule has 3 aliphatic heterocycles. The van der Waals surface area contributed by atoms with E-state index in [1.807, 2.05) is 20.0 Å². The lowest BCUT2D eigenvalue weighted by molar-refractivity contribution is -0.140. The number of carbonyl (C=O) groups is 1. The number of fused-ring (bicyclic) bond motifs is 1. The Labute approximate surface area is 180 Å². The molecule has 3 aliphatic rings. The van der Waals surface area contributed by atoms with Crippen LogP contribution in [0.5, 0.6) is 0 Å². The van der Waals surface area contributed by atoms with Gasteiger partial charge in [-0.2, -0.15) is 0 Å². The lowest BCUT2D eigenvalue weighted by Crippen LogP contribution is -2.57. The summed E-state index contributed by atoms with van der Waals surface area (Å²) in [6, 6.07) is 0.417. The van der Waals surface area contributed by atoms with E-state index < -0.39 is 0 Å². The van der Waals surface area contributed by atoms with Gasteiger partial charge in [0.05, 0.1) is 11.4 Å². The number of anilines is 1. The Morgan fingerprint density at radius 3 is 2.64 bits per heavy atom. The van der Waals surface area contributed by atoms with Crippen LogP contribution in [0.15, 0.2) is 6.20 Å². The van der Waals surface area contributed by atoms with Crippen molar-refractivity contribution in [1.29, 1.82) is 0 Å². The van der Waals surface area contributed by atoms with Gasteiger partial charge in [0.2, 0.25) is 5.91 Å². The van der Waals surface area contributed by atoms with Gasteiger partial charge in [-0.15, -0.1) is 24.8 Å². The van der Waals surface area contributed by atoms with Gasteiger partial charge in [0.25, 0.3) is 0 Å². The van der Waals surface area contributed by atoms with Gasteiger partial charge in [0.15, 0.2) is 0 Å². The molecule has 1 aromatic rings. The zero-order valence-electron chi connectivity index (χ0n) is 16.9. The molecule has 0 unspecified atom stereocenters. The molecule has 6 nitrogen and oxygen atoms in total. The highest BCUT2D eigenvalue weighted by Crippen LogP contribution is 2.34. The summed E-state index contributed by atoms with van der Waals surface area (Å²) in [5, 5.41) is 3.43. The van der Waals surface area contributed by atoms with E-state index in [4.69, 9.17) is 4.98 Å². The van der Waals surface area contributed by atoms with Gasteiger partial charge in [0, 0.05) is 38.3 Å². The fourth-order valence-electron chi connectivity index (χ4n) is 4.95. The Balaban J connectivity index is 0.00000140. The minimum absolute atomic E-state index is 0. The summed E-state index contributed by atoms with van der Waals surface area (Å²) in [6.07, 6.45) is 7.01. The summed E-state index contributed by atoms with van der Waals surface area (Å²) < 4.78 is 0. The molecule has 158 valence electrons. The van der Waals surface area contributed by atoms with Crippen LogP contribution in [0.25, 0.3) is 0 Å². The molecule has 0 saturated carbocycles. The zero-order valence-corrected chi connectivity index (χ0v) is 18.5. The van der Waals surface area contributed by atoms with E-state index in [0.29, 0.717) is 30.2 Å². The highest BCUT2D eigenvalue weighted by molar-refractivity contribution is 5.85. The van der Waals surface area contributed by atoms with Crippen molar-refractivity contribution in [2.45, 2.75) is 52.0 Å². The van der Waals surface area contributed by atoms with Crippen LogP contribution >= 0.6 is 24.8 Å². The lowest BCUT2D eigenvalue weighted by atomic mass is 9.82. The van der Waals surface area contributed by atoms with Crippen molar-refractivity contribution in [1.82, 2.24) is 20.2 Å². The van der Waals surface area contributed by atoms with Crippen LogP contribution in [0.4, 0.5) is 5.82 Å². The summed E-state index contributed by atoms with van der Waals surface area (Å²) >= 11 is 0. The Hall–Kier alpha value is -1.11. The maximum atomic E-state index is 12.6. The topological polar surface area (TPSA) is 61.4 Å². The first kappa shape index (κ1) is 23.2. The standard InChI is InChI=1S/C20H31N5O.2ClH/c1-14-11-22-15(2)20(23-14)24-10-7-18-17(13-24)3-4-19(26)25(18)12-16-5-8-21-9-6-16;;/h11,16-18,21H,3-10,12-13H2,1-2H3;2*1H/t17-,18+;;/m0../s1. The largest absolute Gasteiger partial charge is 0.355 e. The maximum Gasteiger partial charge on any atom is 0.222 e. The first-order valence-corrected chi connectivity index (χ1v) is 10.2. The van der Waals surface area contributed by atoms with Gasteiger partial charge < -0.3 is 15.1 Å². The van der Waals surface area contributed by atoms with Crippen molar-refractivity contribution in [3.05, 3.63) is 17.6 Å². The van der Waals surface area contributed by atoms with Gasteiger partial charge in [-0.25, -0.2) is 4.98 Å². The van der Waals surface area contributed by atoms with Crippen LogP contribution in [-0.4, -0.2) is 59.5 Å². The number of nitrogens with zero attached hydrogens (tertiary/aromatic N) is 4. The molecule has 0 radical (unpaired) electrons. The molecule has 1 amide bonds. The smallest absolute Gasteiger partial charge is 0.222 e. The molecular formula is C20H33Cl2N5O. The van der Waals surface area contributed by atoms with E-state index in [1.165, 1.54) is 12.8 Å². The third kappa shape index (κ3) is 4.89. The van der Waals surface area contributed by atoms with Crippen LogP contribution in [0, 0.1) is 25.7 Å². The Bertz CT molecular complexity index is 668. The number of hydrogen-bond donors (Lipinski definition) is 1. The number of piperidine rings is 3. The lowest BCUT2D eigenvalue weighted by Gasteiger charge is -2.48. The van der Waals surface area contributed by atoms with Gasteiger partial charge in [-0.05, 0) is 64.5 Å². The SMILES string of the molecule is Cc1cnc(C)c(N2CC[C@@H]3[C@@H](CCC(=O)N3CC3CCNCC3)C2)n1.Cl.Cl. The van der Waals surface area contributed by atoms with Crippen molar-refractivity contribution in [3.63, 3.8) is 0 Å². The molecular weight excluding hydrogens is 397 g/mol. The molecule has 0 spiro atoms. The summed E-state index contributed by atoms with van der Waals surface area (Å²) in [5.74, 6) is 2.64. The van der Waals surface area contributed by atoms with Gasteiger partial charge in [-0.1, -0.05) is 0 Å². The van der Waals surface area contributed by atoms with Crippen LogP contribution in [0.3, 0.4) is 0 Å². The van der Waals surface area contributed by atoms with Crippen LogP contribution in [-0.2, 0) is 4.79 Å². The van der Waals surface area contributed by atoms with E-state index >= 15 is 0 Å². The summed E-state index contributed by atoms with van der Waals surface area (Å²) in [6.45, 7) is 9.17. The molecule has 4 rings (SSSR count). The normalized spacial score (nSPS) is 25.6. The molecule has 0 aliphatic carbocycles. The third-order valence-electron chi connectivity index (χ3n) is 6.41. The average Bonchev–Trinajstić information content (AvgIpc) is 2.66. The molecule has 4 heterocycles. The van der Waals surface area contributed by atoms with Crippen LogP contribution in [0.2, 0.25) is 0 Å². The number of nitrogens with one attached hydrogen (secondary N) is 1. The van der Waals surface area contributed by atoms with Crippen molar-refractivity contribution < 1.29 is 4.79 Å². The van der Waals surface area contributed by atoms with Gasteiger partial charge in [-0.3, -0.25) is 9.78 Å². The van der Waals surface area contributed by atoms with Crippen molar-refractivity contribution in [2.75, 3.05) is 37.6 Å². The average molecular weight is 430 g/mol. The molecule has 1 N–H and O–H groups in total. The molecule has 1 aromatic heterocycles. The predicted octanol–water partition coefficient (Wildman–Crippen LogP) is 2.75. The van der Waals surface area contributed by atoms with Gasteiger partial charge >= 0.3 is 0 Å². The van der Waals surface area contributed by atoms with E-state index in [2.05, 4.69) is 20.1 Å². The Kier molecular flexibility index (Phi) is 8.34. The highest BCUT2D eigenvalue weighted by atomic mass is 35.5. The zero-order chi connectivity index (χ0) is 18.1. The van der Waals surface area contributed by atoms with E-state index in [0.717, 1.165) is 62.8 Å². The van der Waals surface area contributed by atoms with Crippen molar-refractivity contribution >= 4 is 36.5 Å².